The van der Waals surface area contributed by atoms with E-state index >= 15 is 0 Å². The number of morpholine rings is 1. The van der Waals surface area contributed by atoms with E-state index in [4.69, 9.17) is 9.84 Å². The number of rotatable bonds is 6. The normalized spacial score (nSPS) is 23.1. The van der Waals surface area contributed by atoms with Gasteiger partial charge >= 0.3 is 5.97 Å². The Bertz CT molecular complexity index is 290. The van der Waals surface area contributed by atoms with E-state index in [2.05, 4.69) is 10.6 Å². The Hall–Kier alpha value is -1.14. The Morgan fingerprint density at radius 2 is 2.28 bits per heavy atom. The summed E-state index contributed by atoms with van der Waals surface area (Å²) in [7, 11) is 0. The van der Waals surface area contributed by atoms with E-state index in [0.717, 1.165) is 6.54 Å². The molecule has 0 bridgehead atoms. The van der Waals surface area contributed by atoms with Crippen LogP contribution < -0.4 is 10.6 Å². The molecule has 0 aromatic carbocycles. The summed E-state index contributed by atoms with van der Waals surface area (Å²) in [6, 6.07) is -0.820. The molecular weight excluding hydrogens is 236 g/mol. The molecule has 1 rings (SSSR count). The standard InChI is InChI=1S/C12H22N2O4/c1-3-8(2)11(12(16)17)14-10(15)6-9-7-13-4-5-18-9/h8-9,11,13H,3-7H2,1-2H3,(H,14,15)(H,16,17)/t8?,9?,11-/m0/s1. The van der Waals surface area contributed by atoms with Gasteiger partial charge in [0, 0.05) is 13.1 Å². The van der Waals surface area contributed by atoms with Gasteiger partial charge in [-0.3, -0.25) is 4.79 Å². The first-order valence-electron chi connectivity index (χ1n) is 6.39. The van der Waals surface area contributed by atoms with Gasteiger partial charge in [0.15, 0.2) is 0 Å². The van der Waals surface area contributed by atoms with E-state index in [1.807, 2.05) is 13.8 Å². The van der Waals surface area contributed by atoms with E-state index in [9.17, 15) is 9.59 Å². The summed E-state index contributed by atoms with van der Waals surface area (Å²) >= 11 is 0. The highest BCUT2D eigenvalue weighted by Crippen LogP contribution is 2.09. The van der Waals surface area contributed by atoms with Gasteiger partial charge in [-0.05, 0) is 5.92 Å². The Morgan fingerprint density at radius 3 is 2.78 bits per heavy atom. The number of nitrogens with one attached hydrogen (secondary N) is 2. The minimum absolute atomic E-state index is 0.0863. The lowest BCUT2D eigenvalue weighted by atomic mass is 9.99. The fourth-order valence-corrected chi connectivity index (χ4v) is 1.87. The highest BCUT2D eigenvalue weighted by Gasteiger charge is 2.26. The van der Waals surface area contributed by atoms with Crippen molar-refractivity contribution in [3.05, 3.63) is 0 Å². The molecule has 1 aliphatic heterocycles. The second-order valence-electron chi connectivity index (χ2n) is 4.67. The molecule has 0 aromatic heterocycles. The van der Waals surface area contributed by atoms with Crippen molar-refractivity contribution in [2.75, 3.05) is 19.7 Å². The molecule has 18 heavy (non-hydrogen) atoms. The van der Waals surface area contributed by atoms with Crippen molar-refractivity contribution in [1.29, 1.82) is 0 Å². The third-order valence-corrected chi connectivity index (χ3v) is 3.21. The molecule has 2 unspecified atom stereocenters. The molecule has 0 aliphatic carbocycles. The Balaban J connectivity index is 2.42. The molecule has 6 nitrogen and oxygen atoms in total. The summed E-state index contributed by atoms with van der Waals surface area (Å²) in [6.07, 6.45) is 0.747. The van der Waals surface area contributed by atoms with Gasteiger partial charge < -0.3 is 20.5 Å². The van der Waals surface area contributed by atoms with Crippen LogP contribution in [0.4, 0.5) is 0 Å². The number of hydrogen-bond donors (Lipinski definition) is 3. The minimum atomic E-state index is -0.986. The summed E-state index contributed by atoms with van der Waals surface area (Å²) in [6.45, 7) is 5.74. The number of aliphatic carboxylic acids is 1. The molecule has 3 atom stereocenters. The quantitative estimate of drug-likeness (QED) is 0.623. The number of amides is 1. The van der Waals surface area contributed by atoms with E-state index < -0.39 is 12.0 Å². The average Bonchev–Trinajstić information content (AvgIpc) is 2.36. The molecule has 0 spiro atoms. The van der Waals surface area contributed by atoms with Gasteiger partial charge in [-0.2, -0.15) is 0 Å². The second-order valence-corrected chi connectivity index (χ2v) is 4.67. The van der Waals surface area contributed by atoms with Crippen molar-refractivity contribution in [3.63, 3.8) is 0 Å². The molecule has 6 heteroatoms. The minimum Gasteiger partial charge on any atom is -0.480 e. The molecule has 1 aliphatic rings. The largest absolute Gasteiger partial charge is 0.480 e. The highest BCUT2D eigenvalue weighted by atomic mass is 16.5. The molecule has 1 fully saturated rings. The van der Waals surface area contributed by atoms with Crippen LogP contribution >= 0.6 is 0 Å². The van der Waals surface area contributed by atoms with Gasteiger partial charge in [-0.1, -0.05) is 20.3 Å². The van der Waals surface area contributed by atoms with Crippen LogP contribution in [-0.4, -0.2) is 48.8 Å². The van der Waals surface area contributed by atoms with Gasteiger partial charge in [0.25, 0.3) is 0 Å². The van der Waals surface area contributed by atoms with Crippen molar-refractivity contribution in [1.82, 2.24) is 10.6 Å². The van der Waals surface area contributed by atoms with E-state index in [-0.39, 0.29) is 24.3 Å². The number of hydrogen-bond acceptors (Lipinski definition) is 4. The molecular formula is C12H22N2O4. The van der Waals surface area contributed by atoms with Crippen LogP contribution in [0.1, 0.15) is 26.7 Å². The monoisotopic (exact) mass is 258 g/mol. The third-order valence-electron chi connectivity index (χ3n) is 3.21. The van der Waals surface area contributed by atoms with E-state index in [1.54, 1.807) is 0 Å². The number of ether oxygens (including phenoxy) is 1. The van der Waals surface area contributed by atoms with Crippen molar-refractivity contribution in [3.8, 4) is 0 Å². The SMILES string of the molecule is CCC(C)[C@H](NC(=O)CC1CNCCO1)C(=O)O. The lowest BCUT2D eigenvalue weighted by molar-refractivity contribution is -0.143. The van der Waals surface area contributed by atoms with Crippen LogP contribution in [0.5, 0.6) is 0 Å². The molecule has 0 saturated carbocycles. The lowest BCUT2D eigenvalue weighted by Crippen LogP contribution is -2.47. The number of carboxylic acids is 1. The van der Waals surface area contributed by atoms with Gasteiger partial charge in [-0.15, -0.1) is 0 Å². The molecule has 0 radical (unpaired) electrons. The van der Waals surface area contributed by atoms with Crippen LogP contribution in [-0.2, 0) is 14.3 Å². The van der Waals surface area contributed by atoms with Gasteiger partial charge in [0.1, 0.15) is 6.04 Å². The van der Waals surface area contributed by atoms with E-state index in [1.165, 1.54) is 0 Å². The molecule has 104 valence electrons. The maximum Gasteiger partial charge on any atom is 0.326 e. The lowest BCUT2D eigenvalue weighted by Gasteiger charge is -2.25. The predicted octanol–water partition coefficient (Wildman–Crippen LogP) is -0.0196. The summed E-state index contributed by atoms with van der Waals surface area (Å²) in [5, 5.41) is 14.8. The van der Waals surface area contributed by atoms with Crippen LogP contribution in [0.15, 0.2) is 0 Å². The van der Waals surface area contributed by atoms with Crippen molar-refractivity contribution in [2.45, 2.75) is 38.8 Å². The fraction of sp³-hybridized carbons (Fsp3) is 0.833. The van der Waals surface area contributed by atoms with Gasteiger partial charge in [0.2, 0.25) is 5.91 Å². The van der Waals surface area contributed by atoms with Crippen molar-refractivity contribution < 1.29 is 19.4 Å². The zero-order valence-corrected chi connectivity index (χ0v) is 10.9. The molecule has 1 amide bonds. The Kier molecular flexibility index (Phi) is 6.07. The van der Waals surface area contributed by atoms with Crippen LogP contribution in [0.25, 0.3) is 0 Å². The summed E-state index contributed by atoms with van der Waals surface area (Å²) < 4.78 is 5.41. The molecule has 1 saturated heterocycles. The number of carboxylic acid groups (broad SMARTS) is 1. The summed E-state index contributed by atoms with van der Waals surface area (Å²) in [5.41, 5.74) is 0. The Labute approximate surface area is 107 Å². The first-order valence-corrected chi connectivity index (χ1v) is 6.39. The second kappa shape index (κ2) is 7.33. The highest BCUT2D eigenvalue weighted by molar-refractivity contribution is 5.84. The number of carbonyl (C=O) groups is 2. The third kappa shape index (κ3) is 4.62. The zero-order valence-electron chi connectivity index (χ0n) is 10.9. The summed E-state index contributed by atoms with van der Waals surface area (Å²) in [5.74, 6) is -1.34. The average molecular weight is 258 g/mol. The van der Waals surface area contributed by atoms with Crippen LogP contribution in [0.2, 0.25) is 0 Å². The number of carbonyl (C=O) groups excluding carboxylic acids is 1. The van der Waals surface area contributed by atoms with E-state index in [0.29, 0.717) is 19.6 Å². The van der Waals surface area contributed by atoms with Crippen molar-refractivity contribution >= 4 is 11.9 Å². The molecule has 3 N–H and O–H groups in total. The van der Waals surface area contributed by atoms with Gasteiger partial charge in [-0.25, -0.2) is 4.79 Å². The first kappa shape index (κ1) is 14.9. The van der Waals surface area contributed by atoms with Crippen molar-refractivity contribution in [2.24, 2.45) is 5.92 Å². The molecule has 0 aromatic rings. The fourth-order valence-electron chi connectivity index (χ4n) is 1.87. The maximum atomic E-state index is 11.8. The maximum absolute atomic E-state index is 11.8. The Morgan fingerprint density at radius 1 is 1.56 bits per heavy atom. The first-order chi connectivity index (χ1) is 8.54. The van der Waals surface area contributed by atoms with Crippen LogP contribution in [0.3, 0.4) is 0 Å². The smallest absolute Gasteiger partial charge is 0.326 e. The predicted molar refractivity (Wildman–Crippen MR) is 66.2 cm³/mol. The zero-order chi connectivity index (χ0) is 13.5. The van der Waals surface area contributed by atoms with Crippen LogP contribution in [0, 0.1) is 5.92 Å². The summed E-state index contributed by atoms with van der Waals surface area (Å²) in [4.78, 5) is 22.8. The molecule has 1 heterocycles. The topological polar surface area (TPSA) is 87.7 Å². The van der Waals surface area contributed by atoms with Gasteiger partial charge in [0.05, 0.1) is 19.1 Å².